The number of benzene rings is 1. The first-order valence-electron chi connectivity index (χ1n) is 6.91. The quantitative estimate of drug-likeness (QED) is 0.867. The van der Waals surface area contributed by atoms with E-state index in [1.54, 1.807) is 6.92 Å². The van der Waals surface area contributed by atoms with Crippen molar-refractivity contribution in [3.8, 4) is 0 Å². The van der Waals surface area contributed by atoms with Crippen molar-refractivity contribution in [3.05, 3.63) is 29.3 Å². The van der Waals surface area contributed by atoms with E-state index in [1.807, 2.05) is 0 Å². The lowest BCUT2D eigenvalue weighted by atomic mass is 9.98. The Morgan fingerprint density at radius 2 is 1.91 bits per heavy atom. The van der Waals surface area contributed by atoms with Crippen LogP contribution in [0.5, 0.6) is 0 Å². The smallest absolute Gasteiger partial charge is 0.329 e. The van der Waals surface area contributed by atoms with Gasteiger partial charge in [0.05, 0.1) is 10.5 Å². The Kier molecular flexibility index (Phi) is 4.31. The fraction of sp³-hybridized carbons (Fsp3) is 0.571. The lowest BCUT2D eigenvalue weighted by Crippen LogP contribution is -2.53. The van der Waals surface area contributed by atoms with Gasteiger partial charge in [0.2, 0.25) is 10.0 Å². The van der Waals surface area contributed by atoms with Gasteiger partial charge in [-0.05, 0) is 56.4 Å². The Balaban J connectivity index is 2.34. The zero-order chi connectivity index (χ0) is 16.8. The number of nitrogens with one attached hydrogen (secondary N) is 1. The average molecular weight is 336 g/mol. The normalized spacial score (nSPS) is 19.0. The molecule has 1 aromatic carbocycles. The zero-order valence-electron chi connectivity index (χ0n) is 12.4. The molecule has 0 heterocycles. The molecular weight excluding hydrogens is 317 g/mol. The summed E-state index contributed by atoms with van der Waals surface area (Å²) in [6, 6.07) is 2.61. The molecule has 0 amide bonds. The first-order chi connectivity index (χ1) is 9.99. The van der Waals surface area contributed by atoms with E-state index in [9.17, 15) is 21.6 Å². The second kappa shape index (κ2) is 5.50. The molecule has 1 fully saturated rings. The number of aryl methyl sites for hydroxylation is 1. The number of hydrogen-bond donors (Lipinski definition) is 2. The maximum absolute atomic E-state index is 12.7. The maximum atomic E-state index is 12.7. The Labute approximate surface area is 127 Å². The summed E-state index contributed by atoms with van der Waals surface area (Å²) in [7, 11) is -3.93. The number of rotatable bonds is 5. The molecule has 0 spiro atoms. The van der Waals surface area contributed by atoms with Gasteiger partial charge < -0.3 is 5.73 Å². The van der Waals surface area contributed by atoms with Gasteiger partial charge in [0.1, 0.15) is 0 Å². The molecule has 22 heavy (non-hydrogen) atoms. The lowest BCUT2D eigenvalue weighted by Gasteiger charge is -2.29. The summed E-state index contributed by atoms with van der Waals surface area (Å²) < 4.78 is 65.5. The molecule has 1 saturated carbocycles. The molecule has 0 aliphatic heterocycles. The summed E-state index contributed by atoms with van der Waals surface area (Å²) in [6.45, 7) is 3.21. The number of alkyl halides is 3. The third kappa shape index (κ3) is 3.44. The standard InChI is InChI=1S/C14H19F3N2O2S/c1-9-7-11(14(15,16)17)5-6-12(9)22(20,21)19-13(2,8-18)10-3-4-10/h5-7,10,19H,3-4,8,18H2,1-2H3. The van der Waals surface area contributed by atoms with Gasteiger partial charge in [-0.1, -0.05) is 0 Å². The Morgan fingerprint density at radius 1 is 1.32 bits per heavy atom. The fourth-order valence-corrected chi connectivity index (χ4v) is 4.21. The summed E-state index contributed by atoms with van der Waals surface area (Å²) in [5, 5.41) is 0. The Morgan fingerprint density at radius 3 is 2.32 bits per heavy atom. The van der Waals surface area contributed by atoms with Crippen LogP contribution in [0.3, 0.4) is 0 Å². The van der Waals surface area contributed by atoms with E-state index in [2.05, 4.69) is 4.72 Å². The predicted octanol–water partition coefficient (Wildman–Crippen LogP) is 2.42. The van der Waals surface area contributed by atoms with Crippen molar-refractivity contribution < 1.29 is 21.6 Å². The molecule has 0 radical (unpaired) electrons. The molecule has 1 aliphatic carbocycles. The summed E-state index contributed by atoms with van der Waals surface area (Å²) in [6.07, 6.45) is -2.72. The van der Waals surface area contributed by atoms with Crippen molar-refractivity contribution in [1.82, 2.24) is 4.72 Å². The molecule has 1 unspecified atom stereocenters. The van der Waals surface area contributed by atoms with Crippen LogP contribution in [0.25, 0.3) is 0 Å². The van der Waals surface area contributed by atoms with Crippen molar-refractivity contribution in [2.75, 3.05) is 6.54 Å². The molecule has 2 rings (SSSR count). The van der Waals surface area contributed by atoms with Crippen LogP contribution in [0.4, 0.5) is 13.2 Å². The zero-order valence-corrected chi connectivity index (χ0v) is 13.2. The van der Waals surface area contributed by atoms with Gasteiger partial charge in [-0.2, -0.15) is 13.2 Å². The van der Waals surface area contributed by atoms with Gasteiger partial charge >= 0.3 is 6.18 Å². The van der Waals surface area contributed by atoms with E-state index < -0.39 is 27.3 Å². The van der Waals surface area contributed by atoms with Crippen molar-refractivity contribution in [3.63, 3.8) is 0 Å². The molecule has 0 aromatic heterocycles. The van der Waals surface area contributed by atoms with Crippen LogP contribution < -0.4 is 10.5 Å². The third-order valence-corrected chi connectivity index (χ3v) is 5.83. The number of sulfonamides is 1. The third-order valence-electron chi connectivity index (χ3n) is 4.06. The SMILES string of the molecule is Cc1cc(C(F)(F)F)ccc1S(=O)(=O)NC(C)(CN)C1CC1. The minimum absolute atomic E-state index is 0.0532. The first kappa shape index (κ1) is 17.2. The van der Waals surface area contributed by atoms with Crippen LogP contribution in [-0.2, 0) is 16.2 Å². The summed E-state index contributed by atoms with van der Waals surface area (Å²) in [5.41, 5.74) is 4.09. The molecule has 8 heteroatoms. The molecule has 1 aromatic rings. The monoisotopic (exact) mass is 336 g/mol. The lowest BCUT2D eigenvalue weighted by molar-refractivity contribution is -0.137. The summed E-state index contributed by atoms with van der Waals surface area (Å²) in [4.78, 5) is -0.152. The van der Waals surface area contributed by atoms with Crippen LogP contribution in [0.2, 0.25) is 0 Å². The maximum Gasteiger partial charge on any atom is 0.416 e. The molecule has 0 saturated heterocycles. The second-order valence-corrected chi connectivity index (χ2v) is 7.63. The predicted molar refractivity (Wildman–Crippen MR) is 76.7 cm³/mol. The van der Waals surface area contributed by atoms with Crippen molar-refractivity contribution in [2.45, 2.75) is 43.3 Å². The average Bonchev–Trinajstić information content (AvgIpc) is 3.21. The Bertz CT molecular complexity index is 669. The fourth-order valence-electron chi connectivity index (χ4n) is 2.50. The molecule has 1 aliphatic rings. The highest BCUT2D eigenvalue weighted by Gasteiger charge is 2.43. The highest BCUT2D eigenvalue weighted by Crippen LogP contribution is 2.40. The van der Waals surface area contributed by atoms with E-state index in [4.69, 9.17) is 5.73 Å². The number of halogens is 3. The number of nitrogens with two attached hydrogens (primary N) is 1. The van der Waals surface area contributed by atoms with Crippen LogP contribution in [0, 0.1) is 12.8 Å². The molecule has 1 atom stereocenters. The topological polar surface area (TPSA) is 72.2 Å². The van der Waals surface area contributed by atoms with Crippen LogP contribution in [0.15, 0.2) is 23.1 Å². The van der Waals surface area contributed by atoms with E-state index in [1.165, 1.54) is 6.92 Å². The Hall–Kier alpha value is -1.12. The highest BCUT2D eigenvalue weighted by atomic mass is 32.2. The first-order valence-corrected chi connectivity index (χ1v) is 8.40. The van der Waals surface area contributed by atoms with Crippen LogP contribution >= 0.6 is 0 Å². The highest BCUT2D eigenvalue weighted by molar-refractivity contribution is 7.89. The molecular formula is C14H19F3N2O2S. The molecule has 124 valence electrons. The molecule has 0 bridgehead atoms. The minimum Gasteiger partial charge on any atom is -0.329 e. The minimum atomic E-state index is -4.50. The van der Waals surface area contributed by atoms with Crippen molar-refractivity contribution in [1.29, 1.82) is 0 Å². The van der Waals surface area contributed by atoms with Gasteiger partial charge in [0.25, 0.3) is 0 Å². The van der Waals surface area contributed by atoms with E-state index >= 15 is 0 Å². The largest absolute Gasteiger partial charge is 0.416 e. The van der Waals surface area contributed by atoms with Crippen LogP contribution in [0.1, 0.15) is 30.9 Å². The van der Waals surface area contributed by atoms with E-state index in [-0.39, 0.29) is 22.9 Å². The molecule has 3 N–H and O–H groups in total. The van der Waals surface area contributed by atoms with E-state index in [0.717, 1.165) is 31.0 Å². The van der Waals surface area contributed by atoms with Crippen molar-refractivity contribution >= 4 is 10.0 Å². The number of hydrogen-bond acceptors (Lipinski definition) is 3. The van der Waals surface area contributed by atoms with Gasteiger partial charge in [0, 0.05) is 12.1 Å². The van der Waals surface area contributed by atoms with Gasteiger partial charge in [-0.15, -0.1) is 0 Å². The summed E-state index contributed by atoms with van der Waals surface area (Å²) >= 11 is 0. The van der Waals surface area contributed by atoms with Crippen molar-refractivity contribution in [2.24, 2.45) is 11.7 Å². The second-order valence-electron chi connectivity index (χ2n) is 5.98. The van der Waals surface area contributed by atoms with E-state index in [0.29, 0.717) is 0 Å². The molecule has 4 nitrogen and oxygen atoms in total. The summed E-state index contributed by atoms with van der Waals surface area (Å²) in [5.74, 6) is 0.169. The van der Waals surface area contributed by atoms with Gasteiger partial charge in [-0.25, -0.2) is 13.1 Å². The van der Waals surface area contributed by atoms with Crippen LogP contribution in [-0.4, -0.2) is 20.5 Å². The van der Waals surface area contributed by atoms with Gasteiger partial charge in [-0.3, -0.25) is 0 Å². The van der Waals surface area contributed by atoms with Gasteiger partial charge in [0.15, 0.2) is 0 Å².